The zero-order valence-electron chi connectivity index (χ0n) is 11.2. The molecule has 2 heteroatoms. The number of hydrogen-bond acceptors (Lipinski definition) is 2. The summed E-state index contributed by atoms with van der Waals surface area (Å²) in [5.41, 5.74) is 1.38. The summed E-state index contributed by atoms with van der Waals surface area (Å²) < 4.78 is 0. The topological polar surface area (TPSA) is 15.3 Å². The Morgan fingerprint density at radius 1 is 1.35 bits per heavy atom. The van der Waals surface area contributed by atoms with Gasteiger partial charge in [0.15, 0.2) is 0 Å². The molecule has 17 heavy (non-hydrogen) atoms. The summed E-state index contributed by atoms with van der Waals surface area (Å²) in [5.74, 6) is 1.88. The Bertz CT molecular complexity index is 336. The fourth-order valence-electron chi connectivity index (χ4n) is 2.49. The fraction of sp³-hybridized carbons (Fsp3) is 0.600. The summed E-state index contributed by atoms with van der Waals surface area (Å²) in [6.45, 7) is 4.68. The maximum absolute atomic E-state index is 3.41. The molecule has 1 aromatic carbocycles. The molecule has 0 saturated heterocycles. The van der Waals surface area contributed by atoms with Crippen LogP contribution in [0.15, 0.2) is 30.3 Å². The molecule has 2 nitrogen and oxygen atoms in total. The molecule has 1 N–H and O–H groups in total. The van der Waals surface area contributed by atoms with Gasteiger partial charge in [0.25, 0.3) is 0 Å². The third-order valence-corrected chi connectivity index (χ3v) is 3.87. The third-order valence-electron chi connectivity index (χ3n) is 3.87. The van der Waals surface area contributed by atoms with E-state index >= 15 is 0 Å². The van der Waals surface area contributed by atoms with Gasteiger partial charge in [0.1, 0.15) is 0 Å². The Morgan fingerprint density at radius 2 is 2.00 bits per heavy atom. The van der Waals surface area contributed by atoms with Crippen LogP contribution in [0.2, 0.25) is 0 Å². The minimum Gasteiger partial charge on any atom is -0.312 e. The molecule has 0 aromatic heterocycles. The molecule has 3 unspecified atom stereocenters. The molecule has 94 valence electrons. The van der Waals surface area contributed by atoms with E-state index in [0.29, 0.717) is 6.04 Å². The summed E-state index contributed by atoms with van der Waals surface area (Å²) in [5, 5.41) is 3.41. The zero-order valence-corrected chi connectivity index (χ0v) is 11.2. The minimum atomic E-state index is 0.440. The molecule has 0 radical (unpaired) electrons. The summed E-state index contributed by atoms with van der Waals surface area (Å²) in [6, 6.07) is 11.1. The highest BCUT2D eigenvalue weighted by atomic mass is 15.1. The Labute approximate surface area is 105 Å². The lowest BCUT2D eigenvalue weighted by atomic mass is 10.1. The summed E-state index contributed by atoms with van der Waals surface area (Å²) in [7, 11) is 4.28. The van der Waals surface area contributed by atoms with Crippen molar-refractivity contribution in [3.8, 4) is 0 Å². The van der Waals surface area contributed by atoms with E-state index in [2.05, 4.69) is 54.5 Å². The molecule has 0 amide bonds. The number of likely N-dealkylation sites (N-methyl/N-ethyl adjacent to an activating group) is 2. The van der Waals surface area contributed by atoms with E-state index in [-0.39, 0.29) is 0 Å². The quantitative estimate of drug-likeness (QED) is 0.811. The fourth-order valence-corrected chi connectivity index (χ4v) is 2.49. The normalized spacial score (nSPS) is 24.9. The Kier molecular flexibility index (Phi) is 4.19. The van der Waals surface area contributed by atoms with Crippen molar-refractivity contribution < 1.29 is 0 Å². The van der Waals surface area contributed by atoms with Crippen LogP contribution < -0.4 is 5.32 Å². The van der Waals surface area contributed by atoms with Crippen molar-refractivity contribution in [2.75, 3.05) is 27.2 Å². The van der Waals surface area contributed by atoms with Gasteiger partial charge in [-0.05, 0) is 37.9 Å². The van der Waals surface area contributed by atoms with Crippen molar-refractivity contribution in [1.82, 2.24) is 10.2 Å². The van der Waals surface area contributed by atoms with Crippen LogP contribution in [0.3, 0.4) is 0 Å². The molecular weight excluding hydrogens is 208 g/mol. The summed E-state index contributed by atoms with van der Waals surface area (Å²) >= 11 is 0. The lowest BCUT2D eigenvalue weighted by molar-refractivity contribution is 0.282. The molecule has 2 rings (SSSR count). The Balaban J connectivity index is 1.86. The van der Waals surface area contributed by atoms with Crippen LogP contribution in [-0.4, -0.2) is 32.1 Å². The highest BCUT2D eigenvalue weighted by molar-refractivity contribution is 5.19. The number of nitrogens with zero attached hydrogens (tertiary/aromatic N) is 1. The second kappa shape index (κ2) is 5.65. The lowest BCUT2D eigenvalue weighted by Crippen LogP contribution is -2.32. The Morgan fingerprint density at radius 3 is 2.53 bits per heavy atom. The average molecular weight is 232 g/mol. The summed E-state index contributed by atoms with van der Waals surface area (Å²) in [4.78, 5) is 2.46. The molecule has 1 aliphatic rings. The Hall–Kier alpha value is -0.860. The van der Waals surface area contributed by atoms with Gasteiger partial charge in [-0.1, -0.05) is 37.3 Å². The minimum absolute atomic E-state index is 0.440. The molecular formula is C15H24N2. The standard InChI is InChI=1S/C15H24N2/c1-12-9-14(12)10-17(3)11-15(16-2)13-7-5-4-6-8-13/h4-8,12,14-16H,9-11H2,1-3H3. The van der Waals surface area contributed by atoms with Crippen molar-refractivity contribution >= 4 is 0 Å². The largest absolute Gasteiger partial charge is 0.312 e. The first-order valence-electron chi connectivity index (χ1n) is 6.61. The van der Waals surface area contributed by atoms with Gasteiger partial charge in [-0.3, -0.25) is 0 Å². The zero-order chi connectivity index (χ0) is 12.3. The van der Waals surface area contributed by atoms with E-state index in [1.165, 1.54) is 18.5 Å². The van der Waals surface area contributed by atoms with Gasteiger partial charge < -0.3 is 10.2 Å². The maximum Gasteiger partial charge on any atom is 0.0446 e. The summed E-state index contributed by atoms with van der Waals surface area (Å²) in [6.07, 6.45) is 1.42. The van der Waals surface area contributed by atoms with Gasteiger partial charge >= 0.3 is 0 Å². The molecule has 1 aliphatic carbocycles. The number of rotatable bonds is 6. The van der Waals surface area contributed by atoms with Crippen molar-refractivity contribution in [3.63, 3.8) is 0 Å². The molecule has 3 atom stereocenters. The van der Waals surface area contributed by atoms with Crippen LogP contribution in [0.25, 0.3) is 0 Å². The molecule has 1 fully saturated rings. The van der Waals surface area contributed by atoms with E-state index in [1.807, 2.05) is 7.05 Å². The van der Waals surface area contributed by atoms with E-state index in [1.54, 1.807) is 0 Å². The molecule has 0 bridgehead atoms. The average Bonchev–Trinajstić information content (AvgIpc) is 3.03. The van der Waals surface area contributed by atoms with Gasteiger partial charge in [-0.25, -0.2) is 0 Å². The van der Waals surface area contributed by atoms with E-state index in [9.17, 15) is 0 Å². The molecule has 1 aromatic rings. The van der Waals surface area contributed by atoms with Crippen LogP contribution in [0.4, 0.5) is 0 Å². The number of hydrogen-bond donors (Lipinski definition) is 1. The molecule has 0 aliphatic heterocycles. The highest BCUT2D eigenvalue weighted by Crippen LogP contribution is 2.38. The van der Waals surface area contributed by atoms with Crippen molar-refractivity contribution in [1.29, 1.82) is 0 Å². The first kappa shape index (κ1) is 12.6. The third kappa shape index (κ3) is 3.55. The van der Waals surface area contributed by atoms with Crippen molar-refractivity contribution in [2.24, 2.45) is 11.8 Å². The monoisotopic (exact) mass is 232 g/mol. The maximum atomic E-state index is 3.41. The predicted octanol–water partition coefficient (Wildman–Crippen LogP) is 2.53. The van der Waals surface area contributed by atoms with Crippen LogP contribution >= 0.6 is 0 Å². The second-order valence-corrected chi connectivity index (χ2v) is 5.45. The van der Waals surface area contributed by atoms with Crippen LogP contribution in [0.1, 0.15) is 24.9 Å². The van der Waals surface area contributed by atoms with Gasteiger partial charge in [-0.15, -0.1) is 0 Å². The van der Waals surface area contributed by atoms with E-state index in [0.717, 1.165) is 18.4 Å². The van der Waals surface area contributed by atoms with Crippen LogP contribution in [0.5, 0.6) is 0 Å². The SMILES string of the molecule is CNC(CN(C)CC1CC1C)c1ccccc1. The molecule has 1 saturated carbocycles. The molecule has 0 heterocycles. The predicted molar refractivity (Wildman–Crippen MR) is 73.0 cm³/mol. The van der Waals surface area contributed by atoms with Crippen LogP contribution in [-0.2, 0) is 0 Å². The second-order valence-electron chi connectivity index (χ2n) is 5.45. The smallest absolute Gasteiger partial charge is 0.0446 e. The number of benzene rings is 1. The first-order chi connectivity index (χ1) is 8.20. The van der Waals surface area contributed by atoms with Gasteiger partial charge in [0.05, 0.1) is 0 Å². The highest BCUT2D eigenvalue weighted by Gasteiger charge is 2.33. The van der Waals surface area contributed by atoms with Crippen molar-refractivity contribution in [3.05, 3.63) is 35.9 Å². The van der Waals surface area contributed by atoms with Gasteiger partial charge in [0, 0.05) is 19.1 Å². The molecule has 0 spiro atoms. The first-order valence-corrected chi connectivity index (χ1v) is 6.61. The van der Waals surface area contributed by atoms with Gasteiger partial charge in [-0.2, -0.15) is 0 Å². The lowest BCUT2D eigenvalue weighted by Gasteiger charge is -2.24. The van der Waals surface area contributed by atoms with Crippen LogP contribution in [0, 0.1) is 11.8 Å². The van der Waals surface area contributed by atoms with Gasteiger partial charge in [0.2, 0.25) is 0 Å². The van der Waals surface area contributed by atoms with Crippen molar-refractivity contribution in [2.45, 2.75) is 19.4 Å². The number of nitrogens with one attached hydrogen (secondary N) is 1. The van der Waals surface area contributed by atoms with E-state index < -0.39 is 0 Å². The van der Waals surface area contributed by atoms with E-state index in [4.69, 9.17) is 0 Å².